The Labute approximate surface area is 82.4 Å². The molecule has 0 fully saturated rings. The molecule has 0 aliphatic heterocycles. The first kappa shape index (κ1) is 10.0. The van der Waals surface area contributed by atoms with Crippen LogP contribution in [0.25, 0.3) is 6.08 Å². The van der Waals surface area contributed by atoms with Crippen LogP contribution in [0.15, 0.2) is 18.3 Å². The van der Waals surface area contributed by atoms with Crippen molar-refractivity contribution in [2.75, 3.05) is 12.3 Å². The zero-order valence-corrected chi connectivity index (χ0v) is 7.96. The van der Waals surface area contributed by atoms with Gasteiger partial charge in [0.1, 0.15) is 0 Å². The van der Waals surface area contributed by atoms with Gasteiger partial charge in [-0.2, -0.15) is 0 Å². The van der Waals surface area contributed by atoms with E-state index < -0.39 is 0 Å². The molecule has 0 aliphatic rings. The molecule has 0 aliphatic carbocycles. The van der Waals surface area contributed by atoms with E-state index in [9.17, 15) is 0 Å². The molecule has 4 heteroatoms. The van der Waals surface area contributed by atoms with E-state index in [0.717, 1.165) is 12.0 Å². The summed E-state index contributed by atoms with van der Waals surface area (Å²) in [5.74, 6) is 0. The molecule has 0 spiro atoms. The average Bonchev–Trinajstić information content (AvgIpc) is 2.12. The fraction of sp³-hybridized carbons (Fsp3) is 0.222. The molecule has 0 saturated heterocycles. The fourth-order valence-corrected chi connectivity index (χ4v) is 0.992. The maximum atomic E-state index is 5.66. The summed E-state index contributed by atoms with van der Waals surface area (Å²) in [5.41, 5.74) is 12.3. The van der Waals surface area contributed by atoms with Crippen LogP contribution < -0.4 is 11.5 Å². The molecular weight excluding hydrogens is 186 g/mol. The first-order valence-electron chi connectivity index (χ1n) is 4.01. The van der Waals surface area contributed by atoms with Gasteiger partial charge in [-0.05, 0) is 24.6 Å². The van der Waals surface area contributed by atoms with Crippen LogP contribution >= 0.6 is 11.6 Å². The maximum absolute atomic E-state index is 5.66. The highest BCUT2D eigenvalue weighted by molar-refractivity contribution is 6.31. The molecule has 3 nitrogen and oxygen atoms in total. The van der Waals surface area contributed by atoms with Gasteiger partial charge in [-0.25, -0.2) is 4.98 Å². The Morgan fingerprint density at radius 3 is 2.92 bits per heavy atom. The Balaban J connectivity index is 2.73. The molecule has 0 unspecified atom stereocenters. The number of aromatic nitrogens is 1. The van der Waals surface area contributed by atoms with Crippen LogP contribution in [0.1, 0.15) is 12.0 Å². The summed E-state index contributed by atoms with van der Waals surface area (Å²) in [6, 6.07) is 1.78. The van der Waals surface area contributed by atoms with Crippen molar-refractivity contribution in [1.29, 1.82) is 0 Å². The molecule has 1 aromatic heterocycles. The van der Waals surface area contributed by atoms with E-state index in [1.54, 1.807) is 12.3 Å². The molecule has 4 N–H and O–H groups in total. The van der Waals surface area contributed by atoms with Crippen molar-refractivity contribution in [3.63, 3.8) is 0 Å². The number of hydrogen-bond donors (Lipinski definition) is 2. The van der Waals surface area contributed by atoms with Gasteiger partial charge >= 0.3 is 0 Å². The van der Waals surface area contributed by atoms with Crippen molar-refractivity contribution < 1.29 is 0 Å². The highest BCUT2D eigenvalue weighted by Crippen LogP contribution is 2.16. The van der Waals surface area contributed by atoms with Gasteiger partial charge in [0.15, 0.2) is 5.15 Å². The lowest BCUT2D eigenvalue weighted by Crippen LogP contribution is -1.95. The van der Waals surface area contributed by atoms with E-state index in [0.29, 0.717) is 17.4 Å². The van der Waals surface area contributed by atoms with Crippen LogP contribution in [0.3, 0.4) is 0 Å². The second-order valence-electron chi connectivity index (χ2n) is 2.63. The Morgan fingerprint density at radius 1 is 1.54 bits per heavy atom. The van der Waals surface area contributed by atoms with Gasteiger partial charge in [-0.15, -0.1) is 0 Å². The Kier molecular flexibility index (Phi) is 3.73. The standard InChI is InChI=1S/C9H12ClN3/c10-9-8(12)5-7(6-13-9)3-1-2-4-11/h1,3,5-6H,2,4,11-12H2. The summed E-state index contributed by atoms with van der Waals surface area (Å²) in [7, 11) is 0. The maximum Gasteiger partial charge on any atom is 0.151 e. The molecule has 0 atom stereocenters. The lowest BCUT2D eigenvalue weighted by molar-refractivity contribution is 1.01. The zero-order chi connectivity index (χ0) is 9.68. The molecule has 13 heavy (non-hydrogen) atoms. The molecule has 0 amide bonds. The first-order chi connectivity index (χ1) is 6.24. The second kappa shape index (κ2) is 4.84. The molecule has 70 valence electrons. The van der Waals surface area contributed by atoms with E-state index >= 15 is 0 Å². The van der Waals surface area contributed by atoms with E-state index in [2.05, 4.69) is 4.98 Å². The number of halogens is 1. The van der Waals surface area contributed by atoms with Crippen molar-refractivity contribution in [3.8, 4) is 0 Å². The van der Waals surface area contributed by atoms with Crippen molar-refractivity contribution in [3.05, 3.63) is 29.1 Å². The molecule has 0 saturated carbocycles. The average molecular weight is 198 g/mol. The number of hydrogen-bond acceptors (Lipinski definition) is 3. The highest BCUT2D eigenvalue weighted by Gasteiger charge is 1.95. The predicted octanol–water partition coefficient (Wildman–Crippen LogP) is 1.68. The summed E-state index contributed by atoms with van der Waals surface area (Å²) in [6.07, 6.45) is 6.42. The van der Waals surface area contributed by atoms with Crippen molar-refractivity contribution >= 4 is 23.4 Å². The summed E-state index contributed by atoms with van der Waals surface area (Å²) in [6.45, 7) is 0.646. The predicted molar refractivity (Wildman–Crippen MR) is 56.4 cm³/mol. The van der Waals surface area contributed by atoms with Crippen molar-refractivity contribution in [1.82, 2.24) is 4.98 Å². The lowest BCUT2D eigenvalue weighted by atomic mass is 10.2. The quantitative estimate of drug-likeness (QED) is 0.725. The normalized spacial score (nSPS) is 10.9. The number of nitrogen functional groups attached to an aromatic ring is 1. The van der Waals surface area contributed by atoms with Gasteiger partial charge in [0.25, 0.3) is 0 Å². The number of rotatable bonds is 3. The Morgan fingerprint density at radius 2 is 2.31 bits per heavy atom. The minimum atomic E-state index is 0.343. The molecule has 1 rings (SSSR count). The summed E-state index contributed by atoms with van der Waals surface area (Å²) < 4.78 is 0. The molecule has 0 bridgehead atoms. The van der Waals surface area contributed by atoms with Gasteiger partial charge in [0.05, 0.1) is 5.69 Å². The van der Waals surface area contributed by atoms with Crippen LogP contribution in [-0.4, -0.2) is 11.5 Å². The van der Waals surface area contributed by atoms with Gasteiger partial charge in [0, 0.05) is 6.20 Å². The monoisotopic (exact) mass is 197 g/mol. The number of nitrogens with zero attached hydrogens (tertiary/aromatic N) is 1. The smallest absolute Gasteiger partial charge is 0.151 e. The summed E-state index contributed by atoms with van der Waals surface area (Å²) >= 11 is 5.66. The molecule has 1 aromatic rings. The van der Waals surface area contributed by atoms with Gasteiger partial charge in [0.2, 0.25) is 0 Å². The summed E-state index contributed by atoms with van der Waals surface area (Å²) in [5, 5.41) is 0.343. The van der Waals surface area contributed by atoms with Crippen LogP contribution in [0.5, 0.6) is 0 Å². The van der Waals surface area contributed by atoms with E-state index in [1.807, 2.05) is 12.2 Å². The largest absolute Gasteiger partial charge is 0.396 e. The van der Waals surface area contributed by atoms with Gasteiger partial charge in [-0.1, -0.05) is 23.8 Å². The van der Waals surface area contributed by atoms with Crippen LogP contribution in [0, 0.1) is 0 Å². The lowest BCUT2D eigenvalue weighted by Gasteiger charge is -1.97. The van der Waals surface area contributed by atoms with Crippen molar-refractivity contribution in [2.24, 2.45) is 5.73 Å². The second-order valence-corrected chi connectivity index (χ2v) is 2.99. The highest BCUT2D eigenvalue weighted by atomic mass is 35.5. The van der Waals surface area contributed by atoms with Crippen LogP contribution in [-0.2, 0) is 0 Å². The number of nitrogens with two attached hydrogens (primary N) is 2. The van der Waals surface area contributed by atoms with E-state index in [1.165, 1.54) is 0 Å². The minimum Gasteiger partial charge on any atom is -0.396 e. The third-order valence-electron chi connectivity index (χ3n) is 1.53. The molecule has 0 aromatic carbocycles. The van der Waals surface area contributed by atoms with Crippen LogP contribution in [0.2, 0.25) is 5.15 Å². The third kappa shape index (κ3) is 3.05. The molecular formula is C9H12ClN3. The van der Waals surface area contributed by atoms with E-state index in [-0.39, 0.29) is 0 Å². The fourth-order valence-electron chi connectivity index (χ4n) is 0.889. The Bertz CT molecular complexity index is 310. The SMILES string of the molecule is NCCC=Cc1cnc(Cl)c(N)c1. The third-order valence-corrected chi connectivity index (χ3v) is 1.85. The van der Waals surface area contributed by atoms with Crippen molar-refractivity contribution in [2.45, 2.75) is 6.42 Å². The molecule has 0 radical (unpaired) electrons. The number of pyridine rings is 1. The number of anilines is 1. The van der Waals surface area contributed by atoms with Crippen LogP contribution in [0.4, 0.5) is 5.69 Å². The molecule has 1 heterocycles. The summed E-state index contributed by atoms with van der Waals surface area (Å²) in [4.78, 5) is 3.92. The van der Waals surface area contributed by atoms with E-state index in [4.69, 9.17) is 23.1 Å². The first-order valence-corrected chi connectivity index (χ1v) is 4.39. The minimum absolute atomic E-state index is 0.343. The topological polar surface area (TPSA) is 64.9 Å². The zero-order valence-electron chi connectivity index (χ0n) is 7.20. The van der Waals surface area contributed by atoms with Gasteiger partial charge < -0.3 is 11.5 Å². The Hall–Kier alpha value is -1.06. The van der Waals surface area contributed by atoms with Gasteiger partial charge in [-0.3, -0.25) is 0 Å².